The molecule has 1 aliphatic heterocycles. The Balaban J connectivity index is 2.10. The van der Waals surface area contributed by atoms with E-state index in [4.69, 9.17) is 0 Å². The second kappa shape index (κ2) is 8.67. The Morgan fingerprint density at radius 2 is 1.96 bits per heavy atom. The Morgan fingerprint density at radius 1 is 1.24 bits per heavy atom. The van der Waals surface area contributed by atoms with Gasteiger partial charge < -0.3 is 15.1 Å². The highest BCUT2D eigenvalue weighted by Crippen LogP contribution is 2.19. The number of hydrogen-bond acceptors (Lipinski definition) is 4. The van der Waals surface area contributed by atoms with Crippen LogP contribution in [0.1, 0.15) is 25.8 Å². The summed E-state index contributed by atoms with van der Waals surface area (Å²) in [5.74, 6) is 0.226. The van der Waals surface area contributed by atoms with Crippen LogP contribution in [-0.4, -0.2) is 68.0 Å². The Bertz CT molecular complexity index is 687. The molecule has 1 saturated heterocycles. The van der Waals surface area contributed by atoms with Gasteiger partial charge in [0.25, 0.3) is 0 Å². The molecule has 1 aliphatic rings. The number of likely N-dealkylation sites (N-methyl/N-ethyl adjacent to an activating group) is 1. The van der Waals surface area contributed by atoms with Gasteiger partial charge in [-0.25, -0.2) is 13.2 Å². The van der Waals surface area contributed by atoms with Crippen LogP contribution >= 0.6 is 0 Å². The summed E-state index contributed by atoms with van der Waals surface area (Å²) in [6.45, 7) is 9.22. The summed E-state index contributed by atoms with van der Waals surface area (Å²) >= 11 is 0. The van der Waals surface area contributed by atoms with Crippen LogP contribution in [0.4, 0.5) is 10.5 Å². The molecule has 1 atom stereocenters. The first-order chi connectivity index (χ1) is 11.8. The van der Waals surface area contributed by atoms with Gasteiger partial charge in [0, 0.05) is 24.8 Å². The maximum absolute atomic E-state index is 12.8. The molecule has 1 aromatic rings. The maximum atomic E-state index is 12.8. The molecule has 25 heavy (non-hydrogen) atoms. The van der Waals surface area contributed by atoms with Crippen molar-refractivity contribution < 1.29 is 13.2 Å². The summed E-state index contributed by atoms with van der Waals surface area (Å²) < 4.78 is 23.7. The van der Waals surface area contributed by atoms with Crippen LogP contribution in [0.15, 0.2) is 24.3 Å². The van der Waals surface area contributed by atoms with Gasteiger partial charge in [-0.05, 0) is 44.1 Å². The molecule has 1 aromatic carbocycles. The van der Waals surface area contributed by atoms with Gasteiger partial charge >= 0.3 is 6.03 Å². The van der Waals surface area contributed by atoms with Gasteiger partial charge in [-0.3, -0.25) is 0 Å². The minimum absolute atomic E-state index is 0.0620. The zero-order chi connectivity index (χ0) is 18.4. The van der Waals surface area contributed by atoms with Crippen molar-refractivity contribution in [3.8, 4) is 0 Å². The molecule has 1 unspecified atom stereocenters. The third kappa shape index (κ3) is 5.71. The van der Waals surface area contributed by atoms with Gasteiger partial charge in [0.15, 0.2) is 9.84 Å². The van der Waals surface area contributed by atoms with Gasteiger partial charge in [-0.15, -0.1) is 0 Å². The van der Waals surface area contributed by atoms with E-state index in [-0.39, 0.29) is 23.6 Å². The van der Waals surface area contributed by atoms with Crippen molar-refractivity contribution >= 4 is 21.6 Å². The van der Waals surface area contributed by atoms with Crippen molar-refractivity contribution in [3.05, 3.63) is 29.8 Å². The van der Waals surface area contributed by atoms with Gasteiger partial charge in [-0.1, -0.05) is 26.0 Å². The summed E-state index contributed by atoms with van der Waals surface area (Å²) in [6, 6.07) is 7.15. The number of carbonyl (C=O) groups is 1. The second-order valence-electron chi connectivity index (χ2n) is 6.58. The van der Waals surface area contributed by atoms with Gasteiger partial charge in [0.1, 0.15) is 0 Å². The van der Waals surface area contributed by atoms with E-state index in [0.29, 0.717) is 13.0 Å². The molecule has 6 nitrogen and oxygen atoms in total. The highest BCUT2D eigenvalue weighted by molar-refractivity contribution is 7.91. The van der Waals surface area contributed by atoms with E-state index < -0.39 is 9.84 Å². The number of rotatable bonds is 7. The van der Waals surface area contributed by atoms with Crippen LogP contribution < -0.4 is 5.32 Å². The van der Waals surface area contributed by atoms with E-state index in [1.807, 2.05) is 31.2 Å². The highest BCUT2D eigenvalue weighted by atomic mass is 32.2. The summed E-state index contributed by atoms with van der Waals surface area (Å²) in [7, 11) is -3.04. The predicted molar refractivity (Wildman–Crippen MR) is 102 cm³/mol. The highest BCUT2D eigenvalue weighted by Gasteiger charge is 2.34. The molecule has 0 saturated carbocycles. The number of sulfone groups is 1. The molecule has 0 aromatic heterocycles. The predicted octanol–water partition coefficient (Wildman–Crippen LogP) is 2.36. The van der Waals surface area contributed by atoms with E-state index in [2.05, 4.69) is 24.1 Å². The van der Waals surface area contributed by atoms with Crippen LogP contribution in [-0.2, 0) is 9.84 Å². The molecular weight excluding hydrogens is 338 g/mol. The second-order valence-corrected chi connectivity index (χ2v) is 8.81. The van der Waals surface area contributed by atoms with Crippen LogP contribution in [0.5, 0.6) is 0 Å². The molecule has 0 radical (unpaired) electrons. The monoisotopic (exact) mass is 367 g/mol. The van der Waals surface area contributed by atoms with E-state index in [1.54, 1.807) is 4.90 Å². The first kappa shape index (κ1) is 19.7. The summed E-state index contributed by atoms with van der Waals surface area (Å²) in [5.41, 5.74) is 1.80. The number of nitrogens with zero attached hydrogens (tertiary/aromatic N) is 2. The first-order valence-corrected chi connectivity index (χ1v) is 10.7. The average molecular weight is 368 g/mol. The van der Waals surface area contributed by atoms with Crippen molar-refractivity contribution in [3.63, 3.8) is 0 Å². The zero-order valence-corrected chi connectivity index (χ0v) is 16.2. The number of urea groups is 1. The van der Waals surface area contributed by atoms with E-state index in [1.165, 1.54) is 0 Å². The summed E-state index contributed by atoms with van der Waals surface area (Å²) in [6.07, 6.45) is 0.516. The molecular formula is C18H29N3O3S. The normalized spacial score (nSPS) is 19.1. The summed E-state index contributed by atoms with van der Waals surface area (Å²) in [5, 5.41) is 2.92. The molecule has 1 heterocycles. The topological polar surface area (TPSA) is 69.7 Å². The Kier molecular flexibility index (Phi) is 6.84. The van der Waals surface area contributed by atoms with Crippen LogP contribution in [0.25, 0.3) is 0 Å². The van der Waals surface area contributed by atoms with Gasteiger partial charge in [0.2, 0.25) is 0 Å². The van der Waals surface area contributed by atoms with Gasteiger partial charge in [0.05, 0.1) is 11.5 Å². The number of benzene rings is 1. The fourth-order valence-corrected chi connectivity index (χ4v) is 4.91. The minimum Gasteiger partial charge on any atom is -0.319 e. The molecule has 2 rings (SSSR count). The smallest absolute Gasteiger partial charge is 0.319 e. The number of aryl methyl sites for hydroxylation is 1. The lowest BCUT2D eigenvalue weighted by Crippen LogP contribution is -2.47. The van der Waals surface area contributed by atoms with Crippen molar-refractivity contribution in [2.24, 2.45) is 0 Å². The van der Waals surface area contributed by atoms with Crippen LogP contribution in [0.2, 0.25) is 0 Å². The van der Waals surface area contributed by atoms with E-state index >= 15 is 0 Å². The van der Waals surface area contributed by atoms with Crippen LogP contribution in [0, 0.1) is 6.92 Å². The van der Waals surface area contributed by atoms with Crippen molar-refractivity contribution in [1.29, 1.82) is 0 Å². The standard InChI is InChI=1S/C18H29N3O3S/c1-4-20(5-2)10-11-21(17-9-12-25(23,24)14-17)18(22)19-16-8-6-7-15(3)13-16/h6-8,13,17H,4-5,9-12,14H2,1-3H3,(H,19,22). The first-order valence-electron chi connectivity index (χ1n) is 8.91. The fraction of sp³-hybridized carbons (Fsp3) is 0.611. The zero-order valence-electron chi connectivity index (χ0n) is 15.4. The molecule has 1 N–H and O–H groups in total. The Hall–Kier alpha value is -1.60. The molecule has 7 heteroatoms. The Labute approximate surface area is 151 Å². The molecule has 1 fully saturated rings. The fourth-order valence-electron chi connectivity index (χ4n) is 3.18. The van der Waals surface area contributed by atoms with Crippen LogP contribution in [0.3, 0.4) is 0 Å². The number of amides is 2. The number of carbonyl (C=O) groups excluding carboxylic acids is 1. The SMILES string of the molecule is CCN(CC)CCN(C(=O)Nc1cccc(C)c1)C1CCS(=O)(=O)C1. The molecule has 0 aliphatic carbocycles. The quantitative estimate of drug-likeness (QED) is 0.803. The number of hydrogen-bond donors (Lipinski definition) is 1. The maximum Gasteiger partial charge on any atom is 0.322 e. The van der Waals surface area contributed by atoms with Gasteiger partial charge in [-0.2, -0.15) is 0 Å². The van der Waals surface area contributed by atoms with E-state index in [0.717, 1.165) is 30.9 Å². The number of nitrogens with one attached hydrogen (secondary N) is 1. The number of anilines is 1. The molecule has 2 amide bonds. The summed E-state index contributed by atoms with van der Waals surface area (Å²) in [4.78, 5) is 16.7. The molecule has 140 valence electrons. The van der Waals surface area contributed by atoms with E-state index in [9.17, 15) is 13.2 Å². The van der Waals surface area contributed by atoms with Crippen molar-refractivity contribution in [1.82, 2.24) is 9.80 Å². The third-order valence-electron chi connectivity index (χ3n) is 4.73. The molecule has 0 spiro atoms. The lowest BCUT2D eigenvalue weighted by Gasteiger charge is -2.31. The van der Waals surface area contributed by atoms with Crippen molar-refractivity contribution in [2.75, 3.05) is 43.0 Å². The average Bonchev–Trinajstić information content (AvgIpc) is 2.91. The lowest BCUT2D eigenvalue weighted by molar-refractivity contribution is 0.178. The lowest BCUT2D eigenvalue weighted by atomic mass is 10.2. The van der Waals surface area contributed by atoms with Crippen molar-refractivity contribution in [2.45, 2.75) is 33.2 Å². The third-order valence-corrected chi connectivity index (χ3v) is 6.48. The molecule has 0 bridgehead atoms. The Morgan fingerprint density at radius 3 is 2.52 bits per heavy atom. The largest absolute Gasteiger partial charge is 0.322 e. The minimum atomic E-state index is -3.04.